The van der Waals surface area contributed by atoms with Crippen LogP contribution in [0, 0.1) is 0 Å². The predicted molar refractivity (Wildman–Crippen MR) is 88.7 cm³/mol. The number of nitrogens with one attached hydrogen (secondary N) is 2. The number of hydrogen-bond acceptors (Lipinski definition) is 4. The van der Waals surface area contributed by atoms with Gasteiger partial charge in [0.2, 0.25) is 5.56 Å². The minimum absolute atomic E-state index is 0.160. The summed E-state index contributed by atoms with van der Waals surface area (Å²) in [5, 5.41) is 6.04. The molecule has 0 aliphatic rings. The topological polar surface area (TPSA) is 74.8 Å². The third-order valence-electron chi connectivity index (χ3n) is 3.33. The van der Waals surface area contributed by atoms with Crippen molar-refractivity contribution >= 4 is 17.2 Å². The fourth-order valence-corrected chi connectivity index (χ4v) is 2.98. The quantitative estimate of drug-likeness (QED) is 0.859. The van der Waals surface area contributed by atoms with Crippen LogP contribution in [-0.4, -0.2) is 22.4 Å². The van der Waals surface area contributed by atoms with Gasteiger partial charge >= 0.3 is 0 Å². The number of H-pyrrole nitrogens is 1. The number of rotatable bonds is 6. The summed E-state index contributed by atoms with van der Waals surface area (Å²) in [6, 6.07) is 2.95. The lowest BCUT2D eigenvalue weighted by molar-refractivity contribution is 0.0952. The van der Waals surface area contributed by atoms with E-state index in [4.69, 9.17) is 0 Å². The first-order valence-electron chi connectivity index (χ1n) is 7.46. The molecule has 0 aliphatic heterocycles. The van der Waals surface area contributed by atoms with Crippen molar-refractivity contribution in [2.45, 2.75) is 39.5 Å². The average molecular weight is 319 g/mol. The molecule has 0 saturated heterocycles. The molecule has 118 valence electrons. The smallest absolute Gasteiger partial charge is 0.253 e. The van der Waals surface area contributed by atoms with E-state index in [1.807, 2.05) is 12.3 Å². The third-order valence-corrected chi connectivity index (χ3v) is 4.52. The molecule has 0 atom stereocenters. The Balaban J connectivity index is 1.94. The highest BCUT2D eigenvalue weighted by Crippen LogP contribution is 2.19. The number of pyridine rings is 1. The molecule has 2 N–H and O–H groups in total. The highest BCUT2D eigenvalue weighted by molar-refractivity contribution is 7.09. The van der Waals surface area contributed by atoms with E-state index in [9.17, 15) is 9.59 Å². The minimum atomic E-state index is -0.183. The molecule has 0 aliphatic carbocycles. The van der Waals surface area contributed by atoms with Crippen molar-refractivity contribution in [3.8, 4) is 0 Å². The minimum Gasteiger partial charge on any atom is -0.352 e. The van der Waals surface area contributed by atoms with Gasteiger partial charge in [-0.15, -0.1) is 11.3 Å². The highest BCUT2D eigenvalue weighted by atomic mass is 32.1. The maximum Gasteiger partial charge on any atom is 0.253 e. The maximum absolute atomic E-state index is 12.2. The van der Waals surface area contributed by atoms with Gasteiger partial charge in [-0.05, 0) is 12.5 Å². The summed E-state index contributed by atoms with van der Waals surface area (Å²) in [6.45, 7) is 6.67. The second kappa shape index (κ2) is 7.35. The molecule has 0 aromatic carbocycles. The SMILES string of the molecule is CCc1[nH]c(=O)ccc1C(=O)NCCc1csc(C(C)C)n1. The molecule has 0 bridgehead atoms. The lowest BCUT2D eigenvalue weighted by atomic mass is 10.1. The van der Waals surface area contributed by atoms with Crippen LogP contribution in [0.4, 0.5) is 0 Å². The zero-order valence-electron chi connectivity index (χ0n) is 13.1. The van der Waals surface area contributed by atoms with Crippen LogP contribution in [0.25, 0.3) is 0 Å². The van der Waals surface area contributed by atoms with Crippen LogP contribution in [0.5, 0.6) is 0 Å². The first-order valence-corrected chi connectivity index (χ1v) is 8.34. The largest absolute Gasteiger partial charge is 0.352 e. The van der Waals surface area contributed by atoms with Crippen LogP contribution in [0.1, 0.15) is 53.4 Å². The molecular weight excluding hydrogens is 298 g/mol. The zero-order chi connectivity index (χ0) is 16.1. The van der Waals surface area contributed by atoms with Gasteiger partial charge in [-0.25, -0.2) is 4.98 Å². The number of aromatic amines is 1. The number of thiazole rings is 1. The van der Waals surface area contributed by atoms with Gasteiger partial charge in [0, 0.05) is 36.0 Å². The molecule has 5 nitrogen and oxygen atoms in total. The van der Waals surface area contributed by atoms with E-state index in [0.717, 1.165) is 10.7 Å². The summed E-state index contributed by atoms with van der Waals surface area (Å²) in [7, 11) is 0. The highest BCUT2D eigenvalue weighted by Gasteiger charge is 2.11. The van der Waals surface area contributed by atoms with E-state index in [1.165, 1.54) is 6.07 Å². The standard InChI is InChI=1S/C16H21N3O2S/c1-4-13-12(5-6-14(20)19-13)15(21)17-8-7-11-9-22-16(18-11)10(2)3/h5-6,9-10H,4,7-8H2,1-3H3,(H,17,21)(H,19,20). The van der Waals surface area contributed by atoms with E-state index >= 15 is 0 Å². The summed E-state index contributed by atoms with van der Waals surface area (Å²) in [5.41, 5.74) is 2.02. The Kier molecular flexibility index (Phi) is 5.49. The van der Waals surface area contributed by atoms with E-state index < -0.39 is 0 Å². The van der Waals surface area contributed by atoms with Crippen molar-refractivity contribution in [1.82, 2.24) is 15.3 Å². The fraction of sp³-hybridized carbons (Fsp3) is 0.438. The number of carbonyl (C=O) groups is 1. The van der Waals surface area contributed by atoms with Gasteiger partial charge in [0.15, 0.2) is 0 Å². The Bertz CT molecular complexity index is 703. The Morgan fingerprint density at radius 1 is 1.41 bits per heavy atom. The van der Waals surface area contributed by atoms with Crippen molar-refractivity contribution in [3.63, 3.8) is 0 Å². The third kappa shape index (κ3) is 4.04. The number of nitrogens with zero attached hydrogens (tertiary/aromatic N) is 1. The molecule has 22 heavy (non-hydrogen) atoms. The molecule has 2 aromatic heterocycles. The molecule has 2 heterocycles. The summed E-state index contributed by atoms with van der Waals surface area (Å²) in [4.78, 5) is 30.7. The molecule has 2 rings (SSSR count). The lowest BCUT2D eigenvalue weighted by Crippen LogP contribution is -2.28. The number of aromatic nitrogens is 2. The van der Waals surface area contributed by atoms with Crippen LogP contribution in [0.2, 0.25) is 0 Å². The molecule has 0 fully saturated rings. The number of aryl methyl sites for hydroxylation is 1. The van der Waals surface area contributed by atoms with Gasteiger partial charge < -0.3 is 10.3 Å². The monoisotopic (exact) mass is 319 g/mol. The van der Waals surface area contributed by atoms with Gasteiger partial charge in [0.1, 0.15) is 0 Å². The van der Waals surface area contributed by atoms with Crippen LogP contribution < -0.4 is 10.9 Å². The second-order valence-electron chi connectivity index (χ2n) is 5.41. The molecule has 6 heteroatoms. The van der Waals surface area contributed by atoms with Crippen molar-refractivity contribution in [1.29, 1.82) is 0 Å². The first-order chi connectivity index (χ1) is 10.5. The fourth-order valence-electron chi connectivity index (χ4n) is 2.11. The summed E-state index contributed by atoms with van der Waals surface area (Å²) in [5.74, 6) is 0.272. The molecule has 1 amide bonds. The molecular formula is C16H21N3O2S. The average Bonchev–Trinajstić information content (AvgIpc) is 2.96. The number of hydrogen-bond donors (Lipinski definition) is 2. The van der Waals surface area contributed by atoms with Crippen molar-refractivity contribution in [2.24, 2.45) is 0 Å². The van der Waals surface area contributed by atoms with E-state index in [1.54, 1.807) is 17.4 Å². The molecule has 0 saturated carbocycles. The van der Waals surface area contributed by atoms with Crippen molar-refractivity contribution in [3.05, 3.63) is 49.8 Å². The van der Waals surface area contributed by atoms with Gasteiger partial charge in [-0.2, -0.15) is 0 Å². The Morgan fingerprint density at radius 2 is 2.18 bits per heavy atom. The van der Waals surface area contributed by atoms with Crippen molar-refractivity contribution < 1.29 is 4.79 Å². The van der Waals surface area contributed by atoms with Gasteiger partial charge in [-0.1, -0.05) is 20.8 Å². The van der Waals surface area contributed by atoms with E-state index in [0.29, 0.717) is 36.6 Å². The predicted octanol–water partition coefficient (Wildman–Crippen LogP) is 2.49. The van der Waals surface area contributed by atoms with Crippen molar-refractivity contribution in [2.75, 3.05) is 6.54 Å². The number of amides is 1. The summed E-state index contributed by atoms with van der Waals surface area (Å²) < 4.78 is 0. The molecule has 0 unspecified atom stereocenters. The zero-order valence-corrected chi connectivity index (χ0v) is 13.9. The maximum atomic E-state index is 12.2. The van der Waals surface area contributed by atoms with Gasteiger partial charge in [0.25, 0.3) is 5.91 Å². The van der Waals surface area contributed by atoms with Gasteiger partial charge in [0.05, 0.1) is 16.3 Å². The molecule has 2 aromatic rings. The first kappa shape index (κ1) is 16.4. The molecule has 0 radical (unpaired) electrons. The second-order valence-corrected chi connectivity index (χ2v) is 6.30. The van der Waals surface area contributed by atoms with E-state index in [-0.39, 0.29) is 11.5 Å². The summed E-state index contributed by atoms with van der Waals surface area (Å²) in [6.07, 6.45) is 1.32. The Morgan fingerprint density at radius 3 is 2.82 bits per heavy atom. The molecule has 0 spiro atoms. The Labute approximate surface area is 133 Å². The van der Waals surface area contributed by atoms with Crippen LogP contribution >= 0.6 is 11.3 Å². The lowest BCUT2D eigenvalue weighted by Gasteiger charge is -2.08. The van der Waals surface area contributed by atoms with E-state index in [2.05, 4.69) is 29.1 Å². The Hall–Kier alpha value is -1.95. The summed E-state index contributed by atoms with van der Waals surface area (Å²) >= 11 is 1.66. The number of carbonyl (C=O) groups excluding carboxylic acids is 1. The van der Waals surface area contributed by atoms with Crippen LogP contribution in [0.3, 0.4) is 0 Å². The normalized spacial score (nSPS) is 10.9. The van der Waals surface area contributed by atoms with Gasteiger partial charge in [-0.3, -0.25) is 9.59 Å². The van der Waals surface area contributed by atoms with Crippen LogP contribution in [0.15, 0.2) is 22.3 Å². The van der Waals surface area contributed by atoms with Crippen LogP contribution in [-0.2, 0) is 12.8 Å².